The van der Waals surface area contributed by atoms with Gasteiger partial charge in [-0.1, -0.05) is 6.07 Å². The summed E-state index contributed by atoms with van der Waals surface area (Å²) in [6.07, 6.45) is 1.22. The molecular weight excluding hydrogens is 425 g/mol. The van der Waals surface area contributed by atoms with Crippen LogP contribution in [0.4, 0.5) is 10.2 Å². The highest BCUT2D eigenvalue weighted by Crippen LogP contribution is 2.29. The van der Waals surface area contributed by atoms with Crippen LogP contribution < -0.4 is 20.1 Å². The van der Waals surface area contributed by atoms with Crippen LogP contribution >= 0.6 is 0 Å². The van der Waals surface area contributed by atoms with Crippen LogP contribution in [0.1, 0.15) is 19.2 Å². The molecule has 1 aromatic carbocycles. The van der Waals surface area contributed by atoms with Crippen molar-refractivity contribution in [2.75, 3.05) is 32.1 Å². The third-order valence-electron chi connectivity index (χ3n) is 4.26. The van der Waals surface area contributed by atoms with Crippen molar-refractivity contribution < 1.29 is 22.3 Å². The van der Waals surface area contributed by atoms with Gasteiger partial charge >= 0.3 is 0 Å². The first-order valence-corrected chi connectivity index (χ1v) is 11.2. The van der Waals surface area contributed by atoms with Gasteiger partial charge in [0.25, 0.3) is 5.88 Å². The summed E-state index contributed by atoms with van der Waals surface area (Å²) in [5.41, 5.74) is 0. The fourth-order valence-electron chi connectivity index (χ4n) is 2.79. The zero-order valence-corrected chi connectivity index (χ0v) is 18.3. The van der Waals surface area contributed by atoms with Gasteiger partial charge in [-0.15, -0.1) is 0 Å². The Kier molecular flexibility index (Phi) is 7.18. The molecule has 0 amide bonds. The Bertz CT molecular complexity index is 1120. The van der Waals surface area contributed by atoms with E-state index in [1.807, 2.05) is 6.92 Å². The number of aliphatic imine (C=N–C) groups is 1. The van der Waals surface area contributed by atoms with E-state index in [4.69, 9.17) is 9.47 Å². The molecule has 2 aromatic rings. The Morgan fingerprint density at radius 3 is 2.77 bits per heavy atom. The summed E-state index contributed by atoms with van der Waals surface area (Å²) in [5, 5.41) is 5.64. The molecule has 0 aliphatic carbocycles. The number of aryl methyl sites for hydroxylation is 1. The van der Waals surface area contributed by atoms with E-state index in [2.05, 4.69) is 25.6 Å². The van der Waals surface area contributed by atoms with Gasteiger partial charge in [0.1, 0.15) is 24.0 Å². The number of benzene rings is 1. The van der Waals surface area contributed by atoms with Crippen LogP contribution in [0.3, 0.4) is 0 Å². The quantitative estimate of drug-likeness (QED) is 0.561. The van der Waals surface area contributed by atoms with E-state index in [1.165, 1.54) is 18.3 Å². The summed E-state index contributed by atoms with van der Waals surface area (Å²) >= 11 is 0. The number of nitrogens with zero attached hydrogens (tertiary/aromatic N) is 3. The number of ether oxygens (including phenoxy) is 2. The minimum atomic E-state index is -3.78. The van der Waals surface area contributed by atoms with E-state index in [0.29, 0.717) is 24.7 Å². The largest absolute Gasteiger partial charge is 0.494 e. The van der Waals surface area contributed by atoms with Crippen LogP contribution in [0.5, 0.6) is 11.6 Å². The second kappa shape index (κ2) is 9.84. The van der Waals surface area contributed by atoms with Crippen LogP contribution in [0.15, 0.2) is 45.3 Å². The lowest BCUT2D eigenvalue weighted by atomic mass is 10.3. The number of nitrogens with one attached hydrogen (secondary N) is 2. The minimum Gasteiger partial charge on any atom is -0.494 e. The molecule has 2 N–H and O–H groups in total. The molecule has 3 rings (SSSR count). The standard InChI is InChI=1S/C20H24FN5O4S/c1-4-29-14-6-5-7-15(10-14)31(27,28)16-11-17(23-12-16)26-19-18(21)20(25-13(2)24-19)30-9-8-22-3/h5-7,10,12,22H,4,8-9,11H2,1-3H3,(H,23,24,25,26). The number of likely N-dealkylation sites (N-methyl/N-ethyl adjacent to an activating group) is 1. The van der Waals surface area contributed by atoms with Crippen LogP contribution in [0.2, 0.25) is 0 Å². The van der Waals surface area contributed by atoms with E-state index >= 15 is 0 Å². The third kappa shape index (κ3) is 5.36. The Balaban J connectivity index is 1.73. The van der Waals surface area contributed by atoms with Gasteiger partial charge in [-0.2, -0.15) is 9.37 Å². The van der Waals surface area contributed by atoms with Crippen molar-refractivity contribution in [3.05, 3.63) is 47.0 Å². The Morgan fingerprint density at radius 2 is 2.03 bits per heavy atom. The van der Waals surface area contributed by atoms with E-state index in [1.54, 1.807) is 26.1 Å². The average molecular weight is 450 g/mol. The molecule has 0 saturated heterocycles. The van der Waals surface area contributed by atoms with Crippen LogP contribution in [0.25, 0.3) is 0 Å². The van der Waals surface area contributed by atoms with Gasteiger partial charge in [-0.3, -0.25) is 0 Å². The van der Waals surface area contributed by atoms with Gasteiger partial charge in [0, 0.05) is 19.2 Å². The van der Waals surface area contributed by atoms with Crippen molar-refractivity contribution in [2.45, 2.75) is 25.2 Å². The first-order chi connectivity index (χ1) is 14.8. The monoisotopic (exact) mass is 449 g/mol. The lowest BCUT2D eigenvalue weighted by molar-refractivity contribution is 0.288. The van der Waals surface area contributed by atoms with Crippen molar-refractivity contribution in [1.82, 2.24) is 15.3 Å². The topological polar surface area (TPSA) is 115 Å². The molecule has 2 heterocycles. The van der Waals surface area contributed by atoms with Crippen molar-refractivity contribution in [3.8, 4) is 11.6 Å². The molecule has 1 aliphatic rings. The number of aromatic nitrogens is 2. The number of hydrogen-bond acceptors (Lipinski definition) is 9. The molecule has 0 radical (unpaired) electrons. The molecule has 0 saturated carbocycles. The zero-order chi connectivity index (χ0) is 22.4. The Morgan fingerprint density at radius 1 is 1.23 bits per heavy atom. The highest BCUT2D eigenvalue weighted by molar-refractivity contribution is 7.95. The zero-order valence-electron chi connectivity index (χ0n) is 17.5. The highest BCUT2D eigenvalue weighted by atomic mass is 32.2. The Labute approximate surface area is 180 Å². The molecule has 0 spiro atoms. The lowest BCUT2D eigenvalue weighted by Gasteiger charge is -2.12. The van der Waals surface area contributed by atoms with Crippen LogP contribution in [-0.2, 0) is 9.84 Å². The molecule has 31 heavy (non-hydrogen) atoms. The summed E-state index contributed by atoms with van der Waals surface area (Å²) in [6, 6.07) is 6.26. The number of anilines is 1. The van der Waals surface area contributed by atoms with Crippen molar-refractivity contribution >= 4 is 21.5 Å². The Hall–Kier alpha value is -3.05. The summed E-state index contributed by atoms with van der Waals surface area (Å²) in [7, 11) is -2.03. The smallest absolute Gasteiger partial charge is 0.256 e. The van der Waals surface area contributed by atoms with E-state index in [0.717, 1.165) is 0 Å². The van der Waals surface area contributed by atoms with E-state index < -0.39 is 15.7 Å². The van der Waals surface area contributed by atoms with Gasteiger partial charge in [0.05, 0.1) is 16.4 Å². The number of hydrogen-bond donors (Lipinski definition) is 2. The predicted molar refractivity (Wildman–Crippen MR) is 115 cm³/mol. The minimum absolute atomic E-state index is 0.0281. The fraction of sp³-hybridized carbons (Fsp3) is 0.350. The molecule has 9 nitrogen and oxygen atoms in total. The number of halogens is 1. The molecule has 1 aromatic heterocycles. The van der Waals surface area contributed by atoms with Gasteiger partial charge in [-0.05, 0) is 39.1 Å². The van der Waals surface area contributed by atoms with E-state index in [-0.39, 0.29) is 40.4 Å². The lowest BCUT2D eigenvalue weighted by Crippen LogP contribution is -2.19. The number of amidine groups is 1. The molecule has 0 atom stereocenters. The van der Waals surface area contributed by atoms with Gasteiger partial charge < -0.3 is 20.1 Å². The van der Waals surface area contributed by atoms with Crippen molar-refractivity contribution in [2.24, 2.45) is 4.99 Å². The van der Waals surface area contributed by atoms with Crippen molar-refractivity contribution in [1.29, 1.82) is 0 Å². The maximum Gasteiger partial charge on any atom is 0.256 e. The maximum absolute atomic E-state index is 14.7. The third-order valence-corrected chi connectivity index (χ3v) is 6.08. The van der Waals surface area contributed by atoms with Gasteiger partial charge in [0.15, 0.2) is 5.82 Å². The molecule has 1 aliphatic heterocycles. The molecule has 166 valence electrons. The number of sulfone groups is 1. The molecule has 0 unspecified atom stereocenters. The SMILES string of the molecule is CCOc1cccc(S(=O)(=O)C2=CN=C(Nc3nc(C)nc(OCCNC)c3F)C2)c1. The molecule has 0 fully saturated rings. The average Bonchev–Trinajstić information content (AvgIpc) is 3.21. The van der Waals surface area contributed by atoms with E-state index in [9.17, 15) is 12.8 Å². The predicted octanol–water partition coefficient (Wildman–Crippen LogP) is 2.45. The summed E-state index contributed by atoms with van der Waals surface area (Å²) in [4.78, 5) is 12.3. The molecular formula is C20H24FN5O4S. The summed E-state index contributed by atoms with van der Waals surface area (Å²) in [6.45, 7) is 4.60. The second-order valence-electron chi connectivity index (χ2n) is 6.57. The fourth-order valence-corrected chi connectivity index (χ4v) is 4.14. The van der Waals surface area contributed by atoms with Gasteiger partial charge in [-0.25, -0.2) is 18.4 Å². The normalized spacial score (nSPS) is 13.5. The van der Waals surface area contributed by atoms with Crippen molar-refractivity contribution in [3.63, 3.8) is 0 Å². The maximum atomic E-state index is 14.7. The highest BCUT2D eigenvalue weighted by Gasteiger charge is 2.27. The molecule has 0 bridgehead atoms. The summed E-state index contributed by atoms with van der Waals surface area (Å²) < 4.78 is 51.3. The van der Waals surface area contributed by atoms with Gasteiger partial charge in [0.2, 0.25) is 15.7 Å². The first-order valence-electron chi connectivity index (χ1n) is 9.67. The summed E-state index contributed by atoms with van der Waals surface area (Å²) in [5.74, 6) is -0.0717. The number of rotatable bonds is 9. The second-order valence-corrected chi connectivity index (χ2v) is 8.58. The first kappa shape index (κ1) is 22.6. The van der Waals surface area contributed by atoms with Crippen LogP contribution in [-0.4, -0.2) is 51.0 Å². The van der Waals surface area contributed by atoms with Crippen LogP contribution in [0, 0.1) is 12.7 Å². The molecule has 11 heteroatoms.